The van der Waals surface area contributed by atoms with Gasteiger partial charge in [-0.05, 0) is 42.7 Å². The van der Waals surface area contributed by atoms with Crippen molar-refractivity contribution in [3.63, 3.8) is 0 Å². The highest BCUT2D eigenvalue weighted by Gasteiger charge is 2.33. The first-order valence-electron chi connectivity index (χ1n) is 8.54. The lowest BCUT2D eigenvalue weighted by molar-refractivity contribution is -0.136. The fourth-order valence-electron chi connectivity index (χ4n) is 2.41. The Kier molecular flexibility index (Phi) is 6.60. The molecule has 0 radical (unpaired) electrons. The molecule has 7 heteroatoms. The maximum atomic E-state index is 13.0. The summed E-state index contributed by atoms with van der Waals surface area (Å²) in [5, 5.41) is 5.02. The zero-order valence-electron chi connectivity index (χ0n) is 15.1. The molecule has 2 amide bonds. The Hall–Kier alpha value is -2.83. The van der Waals surface area contributed by atoms with E-state index < -0.39 is 17.6 Å². The van der Waals surface area contributed by atoms with Crippen molar-refractivity contribution in [1.82, 2.24) is 5.32 Å². The number of amides is 2. The number of carbonyl (C=O) groups excluding carboxylic acids is 2. The molecule has 0 fully saturated rings. The highest BCUT2D eigenvalue weighted by molar-refractivity contribution is 6.06. The Morgan fingerprint density at radius 1 is 0.963 bits per heavy atom. The van der Waals surface area contributed by atoms with Gasteiger partial charge in [-0.1, -0.05) is 32.0 Å². The van der Waals surface area contributed by atoms with E-state index in [1.54, 1.807) is 6.07 Å². The molecule has 0 aromatic heterocycles. The van der Waals surface area contributed by atoms with Crippen LogP contribution in [0.25, 0.3) is 0 Å². The van der Waals surface area contributed by atoms with Crippen LogP contribution in [0.1, 0.15) is 46.5 Å². The van der Waals surface area contributed by atoms with Gasteiger partial charge < -0.3 is 10.6 Å². The van der Waals surface area contributed by atoms with Crippen LogP contribution in [0.5, 0.6) is 0 Å². The van der Waals surface area contributed by atoms with Crippen LogP contribution < -0.4 is 10.6 Å². The number of hydrogen-bond donors (Lipinski definition) is 2. The van der Waals surface area contributed by atoms with E-state index in [1.165, 1.54) is 36.4 Å². The predicted octanol–water partition coefficient (Wildman–Crippen LogP) is 4.73. The summed E-state index contributed by atoms with van der Waals surface area (Å²) in [6, 6.07) is 10.6. The first-order chi connectivity index (χ1) is 12.7. The van der Waals surface area contributed by atoms with Gasteiger partial charge in [0.25, 0.3) is 11.8 Å². The number of halogens is 3. The standard InChI is InChI=1S/C20H21F3N2O2/c1-13(2)10-11-24-18(26)14-6-5-7-15(12-14)19(27)25-17-9-4-3-8-16(17)20(21,22)23/h3-9,12-13H,10-11H2,1-2H3,(H,24,26)(H,25,27). The summed E-state index contributed by atoms with van der Waals surface area (Å²) in [6.45, 7) is 4.58. The molecule has 2 N–H and O–H groups in total. The van der Waals surface area contributed by atoms with Gasteiger partial charge in [0, 0.05) is 17.7 Å². The molecule has 0 unspecified atom stereocenters. The topological polar surface area (TPSA) is 58.2 Å². The lowest BCUT2D eigenvalue weighted by Gasteiger charge is -2.14. The van der Waals surface area contributed by atoms with E-state index >= 15 is 0 Å². The number of hydrogen-bond acceptors (Lipinski definition) is 2. The molecule has 2 rings (SSSR count). The minimum Gasteiger partial charge on any atom is -0.352 e. The molecule has 27 heavy (non-hydrogen) atoms. The van der Waals surface area contributed by atoms with E-state index in [0.29, 0.717) is 12.5 Å². The SMILES string of the molecule is CC(C)CCNC(=O)c1cccc(C(=O)Nc2ccccc2C(F)(F)F)c1. The smallest absolute Gasteiger partial charge is 0.352 e. The Labute approximate surface area is 155 Å². The summed E-state index contributed by atoms with van der Waals surface area (Å²) >= 11 is 0. The minimum absolute atomic E-state index is 0.100. The van der Waals surface area contributed by atoms with Crippen LogP contribution in [0.4, 0.5) is 18.9 Å². The monoisotopic (exact) mass is 378 g/mol. The summed E-state index contributed by atoms with van der Waals surface area (Å²) in [4.78, 5) is 24.5. The molecule has 144 valence electrons. The van der Waals surface area contributed by atoms with Gasteiger partial charge in [0.15, 0.2) is 0 Å². The summed E-state index contributed by atoms with van der Waals surface area (Å²) in [5.74, 6) is -0.611. The van der Waals surface area contributed by atoms with Crippen molar-refractivity contribution in [1.29, 1.82) is 0 Å². The van der Waals surface area contributed by atoms with Crippen LogP contribution in [0.3, 0.4) is 0 Å². The molecule has 0 aliphatic carbocycles. The van der Waals surface area contributed by atoms with E-state index in [2.05, 4.69) is 10.6 Å². The first-order valence-corrected chi connectivity index (χ1v) is 8.54. The summed E-state index contributed by atoms with van der Waals surface area (Å²) in [6.07, 6.45) is -3.76. The molecule has 2 aromatic carbocycles. The van der Waals surface area contributed by atoms with Gasteiger partial charge in [-0.2, -0.15) is 13.2 Å². The second-order valence-electron chi connectivity index (χ2n) is 6.52. The molecule has 0 saturated heterocycles. The predicted molar refractivity (Wildman–Crippen MR) is 97.6 cm³/mol. The fraction of sp³-hybridized carbons (Fsp3) is 0.300. The molecule has 0 saturated carbocycles. The number of carbonyl (C=O) groups is 2. The van der Waals surface area contributed by atoms with E-state index in [1.807, 2.05) is 13.8 Å². The molecule has 0 spiro atoms. The summed E-state index contributed by atoms with van der Waals surface area (Å²) < 4.78 is 39.1. The van der Waals surface area contributed by atoms with Crippen LogP contribution >= 0.6 is 0 Å². The van der Waals surface area contributed by atoms with Gasteiger partial charge in [-0.25, -0.2) is 0 Å². The highest BCUT2D eigenvalue weighted by Crippen LogP contribution is 2.34. The zero-order chi connectivity index (χ0) is 20.0. The first kappa shape index (κ1) is 20.5. The van der Waals surface area contributed by atoms with Gasteiger partial charge in [-0.15, -0.1) is 0 Å². The third kappa shape index (κ3) is 5.84. The highest BCUT2D eigenvalue weighted by atomic mass is 19.4. The summed E-state index contributed by atoms with van der Waals surface area (Å²) in [5.41, 5.74) is -0.887. The second-order valence-corrected chi connectivity index (χ2v) is 6.52. The minimum atomic E-state index is -4.58. The van der Waals surface area contributed by atoms with E-state index in [-0.39, 0.29) is 22.7 Å². The normalized spacial score (nSPS) is 11.3. The average Bonchev–Trinajstić information content (AvgIpc) is 2.61. The Balaban J connectivity index is 2.13. The number of benzene rings is 2. The van der Waals surface area contributed by atoms with Crippen LogP contribution in [0.15, 0.2) is 48.5 Å². The number of alkyl halides is 3. The van der Waals surface area contributed by atoms with E-state index in [0.717, 1.165) is 12.5 Å². The van der Waals surface area contributed by atoms with Crippen LogP contribution in [0.2, 0.25) is 0 Å². The van der Waals surface area contributed by atoms with Crippen molar-refractivity contribution in [2.75, 3.05) is 11.9 Å². The van der Waals surface area contributed by atoms with Crippen molar-refractivity contribution in [2.45, 2.75) is 26.4 Å². The second kappa shape index (κ2) is 8.70. The molecule has 0 bridgehead atoms. The third-order valence-electron chi connectivity index (χ3n) is 3.87. The number of para-hydroxylation sites is 1. The van der Waals surface area contributed by atoms with Crippen molar-refractivity contribution in [3.05, 3.63) is 65.2 Å². The molecule has 4 nitrogen and oxygen atoms in total. The van der Waals surface area contributed by atoms with E-state index in [4.69, 9.17) is 0 Å². The number of nitrogens with one attached hydrogen (secondary N) is 2. The molecular weight excluding hydrogens is 357 g/mol. The largest absolute Gasteiger partial charge is 0.418 e. The third-order valence-corrected chi connectivity index (χ3v) is 3.87. The maximum absolute atomic E-state index is 13.0. The number of rotatable bonds is 6. The van der Waals surface area contributed by atoms with Gasteiger partial charge in [0.2, 0.25) is 0 Å². The molecular formula is C20H21F3N2O2. The van der Waals surface area contributed by atoms with Crippen molar-refractivity contribution in [2.24, 2.45) is 5.92 Å². The lowest BCUT2D eigenvalue weighted by Crippen LogP contribution is -2.25. The molecule has 0 atom stereocenters. The lowest BCUT2D eigenvalue weighted by atomic mass is 10.1. The number of anilines is 1. The van der Waals surface area contributed by atoms with E-state index in [9.17, 15) is 22.8 Å². The van der Waals surface area contributed by atoms with Gasteiger partial charge in [-0.3, -0.25) is 9.59 Å². The van der Waals surface area contributed by atoms with Crippen molar-refractivity contribution < 1.29 is 22.8 Å². The molecule has 0 aliphatic heterocycles. The quantitative estimate of drug-likeness (QED) is 0.763. The Bertz CT molecular complexity index is 817. The van der Waals surface area contributed by atoms with Gasteiger partial charge >= 0.3 is 6.18 Å². The van der Waals surface area contributed by atoms with Gasteiger partial charge in [0.1, 0.15) is 0 Å². The molecule has 0 heterocycles. The Morgan fingerprint density at radius 3 is 2.22 bits per heavy atom. The van der Waals surface area contributed by atoms with Crippen LogP contribution in [-0.2, 0) is 6.18 Å². The molecule has 2 aromatic rings. The van der Waals surface area contributed by atoms with Crippen molar-refractivity contribution >= 4 is 17.5 Å². The molecule has 0 aliphatic rings. The fourth-order valence-corrected chi connectivity index (χ4v) is 2.41. The van der Waals surface area contributed by atoms with Crippen molar-refractivity contribution in [3.8, 4) is 0 Å². The van der Waals surface area contributed by atoms with Gasteiger partial charge in [0.05, 0.1) is 11.3 Å². The average molecular weight is 378 g/mol. The van der Waals surface area contributed by atoms with Crippen LogP contribution in [-0.4, -0.2) is 18.4 Å². The van der Waals surface area contributed by atoms with Crippen LogP contribution in [0, 0.1) is 5.92 Å². The summed E-state index contributed by atoms with van der Waals surface area (Å²) in [7, 11) is 0. The maximum Gasteiger partial charge on any atom is 0.418 e. The zero-order valence-corrected chi connectivity index (χ0v) is 15.1. The Morgan fingerprint density at radius 2 is 1.59 bits per heavy atom.